The number of esters is 2. The van der Waals surface area contributed by atoms with E-state index in [2.05, 4.69) is 111 Å². The van der Waals surface area contributed by atoms with E-state index in [0.29, 0.717) is 12.8 Å². The van der Waals surface area contributed by atoms with Crippen LogP contribution in [0.3, 0.4) is 0 Å². The Morgan fingerprint density at radius 2 is 0.606 bits per heavy atom. The van der Waals surface area contributed by atoms with E-state index in [4.69, 9.17) is 9.47 Å². The molecule has 0 radical (unpaired) electrons. The minimum absolute atomic E-state index is 0.0863. The topological polar surface area (TPSA) is 72.8 Å². The van der Waals surface area contributed by atoms with Gasteiger partial charge in [0.15, 0.2) is 6.10 Å². The Kier molecular flexibility index (Phi) is 58.4. The molecule has 0 heterocycles. The van der Waals surface area contributed by atoms with Crippen molar-refractivity contribution >= 4 is 11.9 Å². The van der Waals surface area contributed by atoms with Gasteiger partial charge in [0, 0.05) is 12.8 Å². The van der Waals surface area contributed by atoms with Crippen LogP contribution in [-0.2, 0) is 19.1 Å². The summed E-state index contributed by atoms with van der Waals surface area (Å²) in [4.78, 5) is 24.5. The van der Waals surface area contributed by atoms with Gasteiger partial charge in [-0.05, 0) is 77.0 Å². The number of aliphatic hydroxyl groups is 1. The zero-order valence-corrected chi connectivity index (χ0v) is 46.7. The molecule has 5 heteroatoms. The average Bonchev–Trinajstić information content (AvgIpc) is 3.37. The Bertz CT molecular complexity index is 1350. The maximum absolute atomic E-state index is 12.3. The van der Waals surface area contributed by atoms with Gasteiger partial charge in [0.25, 0.3) is 0 Å². The van der Waals surface area contributed by atoms with Gasteiger partial charge < -0.3 is 14.6 Å². The molecule has 0 saturated carbocycles. The van der Waals surface area contributed by atoms with E-state index in [1.807, 2.05) is 0 Å². The minimum atomic E-state index is -0.801. The smallest absolute Gasteiger partial charge is 0.306 e. The molecule has 0 aliphatic heterocycles. The molecule has 0 aromatic heterocycles. The Balaban J connectivity index is 3.54. The lowest BCUT2D eigenvalue weighted by molar-refractivity contribution is -0.161. The summed E-state index contributed by atoms with van der Waals surface area (Å²) in [6.45, 7) is 4.02. The highest BCUT2D eigenvalue weighted by molar-refractivity contribution is 5.70. The molecule has 1 atom stereocenters. The summed E-state index contributed by atoms with van der Waals surface area (Å²) in [6, 6.07) is 0. The van der Waals surface area contributed by atoms with Crippen LogP contribution < -0.4 is 0 Å². The molecule has 0 saturated heterocycles. The van der Waals surface area contributed by atoms with Crippen molar-refractivity contribution in [3.05, 3.63) is 97.2 Å². The molecule has 408 valence electrons. The number of allylic oxidation sites excluding steroid dienone is 16. The van der Waals surface area contributed by atoms with E-state index in [9.17, 15) is 14.7 Å². The van der Waals surface area contributed by atoms with Gasteiger partial charge in [0.1, 0.15) is 6.61 Å². The molecular weight excluding hydrogens is 873 g/mol. The van der Waals surface area contributed by atoms with Gasteiger partial charge in [-0.15, -0.1) is 0 Å². The molecule has 0 fully saturated rings. The zero-order valence-electron chi connectivity index (χ0n) is 46.7. The second-order valence-corrected chi connectivity index (χ2v) is 20.1. The molecule has 1 N–H and O–H groups in total. The predicted octanol–water partition coefficient (Wildman–Crippen LogP) is 20.7. The highest BCUT2D eigenvalue weighted by Gasteiger charge is 2.16. The van der Waals surface area contributed by atoms with E-state index < -0.39 is 6.10 Å². The second kappa shape index (κ2) is 61.1. The number of carbonyl (C=O) groups excluding carboxylic acids is 2. The lowest BCUT2D eigenvalue weighted by atomic mass is 10.0. The Hall–Kier alpha value is -3.18. The third-order valence-corrected chi connectivity index (χ3v) is 13.1. The molecule has 0 aliphatic carbocycles. The van der Waals surface area contributed by atoms with Crippen molar-refractivity contribution in [3.63, 3.8) is 0 Å². The molecule has 0 spiro atoms. The number of hydrogen-bond donors (Lipinski definition) is 1. The summed E-state index contributed by atoms with van der Waals surface area (Å²) in [5, 5.41) is 9.66. The monoisotopic (exact) mass is 987 g/mol. The number of aliphatic hydroxyl groups excluding tert-OH is 1. The quantitative estimate of drug-likeness (QED) is 0.0373. The summed E-state index contributed by atoms with van der Waals surface area (Å²) in [7, 11) is 0. The van der Waals surface area contributed by atoms with Gasteiger partial charge in [-0.25, -0.2) is 0 Å². The zero-order chi connectivity index (χ0) is 51.3. The fraction of sp³-hybridized carbons (Fsp3) is 0.727. The van der Waals surface area contributed by atoms with E-state index in [1.54, 1.807) is 0 Å². The average molecular weight is 988 g/mol. The van der Waals surface area contributed by atoms with Crippen LogP contribution in [0.4, 0.5) is 0 Å². The Morgan fingerprint density at radius 1 is 0.338 bits per heavy atom. The molecule has 71 heavy (non-hydrogen) atoms. The normalized spacial score (nSPS) is 12.9. The van der Waals surface area contributed by atoms with Gasteiger partial charge in [0.05, 0.1) is 6.61 Å². The molecule has 0 aromatic rings. The number of rotatable bonds is 55. The summed E-state index contributed by atoms with van der Waals surface area (Å²) in [5.74, 6) is -0.637. The molecule has 0 aliphatic rings. The van der Waals surface area contributed by atoms with Crippen LogP contribution in [0.15, 0.2) is 97.2 Å². The van der Waals surface area contributed by atoms with Crippen LogP contribution in [0.25, 0.3) is 0 Å². The fourth-order valence-corrected chi connectivity index (χ4v) is 8.63. The number of carbonyl (C=O) groups is 2. The maximum Gasteiger partial charge on any atom is 0.306 e. The van der Waals surface area contributed by atoms with Crippen LogP contribution in [0, 0.1) is 0 Å². The van der Waals surface area contributed by atoms with E-state index in [-0.39, 0.29) is 25.2 Å². The highest BCUT2D eigenvalue weighted by atomic mass is 16.6. The van der Waals surface area contributed by atoms with Crippen LogP contribution in [0.5, 0.6) is 0 Å². The first-order chi connectivity index (χ1) is 35.1. The minimum Gasteiger partial charge on any atom is -0.462 e. The van der Waals surface area contributed by atoms with Crippen LogP contribution >= 0.6 is 0 Å². The largest absolute Gasteiger partial charge is 0.462 e. The van der Waals surface area contributed by atoms with Crippen LogP contribution in [-0.4, -0.2) is 36.4 Å². The van der Waals surface area contributed by atoms with E-state index in [1.165, 1.54) is 173 Å². The third-order valence-electron chi connectivity index (χ3n) is 13.1. The first-order valence-electron chi connectivity index (χ1n) is 30.3. The van der Waals surface area contributed by atoms with Crippen molar-refractivity contribution in [1.29, 1.82) is 0 Å². The standard InChI is InChI=1S/C66H114O5/c1-3-5-7-9-11-13-15-17-19-21-23-25-27-29-31-32-33-35-36-38-40-42-44-46-48-50-52-54-56-58-60-65(68)70-63-64(62-67)71-66(69)61-59-57-55-53-51-49-47-45-43-41-39-37-34-30-28-26-24-22-20-18-16-14-12-10-8-6-4-2/h6,8,12,14,18,20,24,26,30,34,39,41,45,47,51,53,64,67H,3-5,7,9-11,13,15-17,19,21-23,25,27-29,31-33,35-38,40,42-44,46,48-50,52,54-63H2,1-2H3/b8-6-,14-12-,20-18-,26-24-,34-30-,41-39-,47-45-,53-51-. The Labute approximate surface area is 440 Å². The van der Waals surface area contributed by atoms with Crippen molar-refractivity contribution < 1.29 is 24.2 Å². The molecule has 0 amide bonds. The van der Waals surface area contributed by atoms with E-state index in [0.717, 1.165) is 89.9 Å². The van der Waals surface area contributed by atoms with Crippen molar-refractivity contribution in [3.8, 4) is 0 Å². The van der Waals surface area contributed by atoms with Gasteiger partial charge in [-0.3, -0.25) is 9.59 Å². The third kappa shape index (κ3) is 59.3. The first-order valence-corrected chi connectivity index (χ1v) is 30.3. The molecular formula is C66H114O5. The number of ether oxygens (including phenoxy) is 2. The summed E-state index contributed by atoms with van der Waals surface area (Å²) in [6.07, 6.45) is 86.9. The number of unbranched alkanes of at least 4 members (excludes halogenated alkanes) is 31. The second-order valence-electron chi connectivity index (χ2n) is 20.1. The molecule has 1 unspecified atom stereocenters. The van der Waals surface area contributed by atoms with Gasteiger partial charge in [0.2, 0.25) is 0 Å². The van der Waals surface area contributed by atoms with Crippen LogP contribution in [0.1, 0.15) is 290 Å². The first kappa shape index (κ1) is 67.8. The molecule has 0 bridgehead atoms. The molecule has 0 aromatic carbocycles. The maximum atomic E-state index is 12.3. The molecule has 5 nitrogen and oxygen atoms in total. The highest BCUT2D eigenvalue weighted by Crippen LogP contribution is 2.17. The summed E-state index contributed by atoms with van der Waals surface area (Å²) in [5.41, 5.74) is 0. The van der Waals surface area contributed by atoms with E-state index >= 15 is 0 Å². The predicted molar refractivity (Wildman–Crippen MR) is 311 cm³/mol. The van der Waals surface area contributed by atoms with Crippen molar-refractivity contribution in [2.75, 3.05) is 13.2 Å². The van der Waals surface area contributed by atoms with Crippen molar-refractivity contribution in [1.82, 2.24) is 0 Å². The molecule has 0 rings (SSSR count). The van der Waals surface area contributed by atoms with Crippen LogP contribution in [0.2, 0.25) is 0 Å². The van der Waals surface area contributed by atoms with Gasteiger partial charge in [-0.1, -0.05) is 297 Å². The summed E-state index contributed by atoms with van der Waals surface area (Å²) >= 11 is 0. The van der Waals surface area contributed by atoms with Crippen molar-refractivity contribution in [2.24, 2.45) is 0 Å². The van der Waals surface area contributed by atoms with Gasteiger partial charge in [-0.2, -0.15) is 0 Å². The Morgan fingerprint density at radius 3 is 0.915 bits per heavy atom. The number of hydrogen-bond acceptors (Lipinski definition) is 5. The lowest BCUT2D eigenvalue weighted by Gasteiger charge is -2.15. The summed E-state index contributed by atoms with van der Waals surface area (Å²) < 4.78 is 10.7. The van der Waals surface area contributed by atoms with Crippen molar-refractivity contribution in [2.45, 2.75) is 296 Å². The SMILES string of the molecule is CC/C=C\C/C=C\C/C=C\C/C=C\C/C=C\C/C=C\C/C=C\C/C=C\CCCCC(=O)OC(CO)COC(=O)CCCCCCCCCCCCCCCCCCCCCCCCCCCCCCCC. The van der Waals surface area contributed by atoms with Gasteiger partial charge >= 0.3 is 11.9 Å². The fourth-order valence-electron chi connectivity index (χ4n) is 8.63. The lowest BCUT2D eigenvalue weighted by Crippen LogP contribution is -2.28.